The zero-order chi connectivity index (χ0) is 22.2. The fraction of sp³-hybridized carbons (Fsp3) is 0.409. The Labute approximate surface area is 189 Å². The molecule has 0 radical (unpaired) electrons. The lowest BCUT2D eigenvalue weighted by Crippen LogP contribution is -2.50. The molecule has 9 heteroatoms. The summed E-state index contributed by atoms with van der Waals surface area (Å²) in [5.74, 6) is -1.66. The molecule has 2 aliphatic rings. The minimum absolute atomic E-state index is 0.0310. The highest BCUT2D eigenvalue weighted by Crippen LogP contribution is 2.51. The first-order valence-electron chi connectivity index (χ1n) is 10.2. The quantitative estimate of drug-likeness (QED) is 0.595. The number of halogens is 3. The smallest absolute Gasteiger partial charge is 0.226 e. The van der Waals surface area contributed by atoms with Crippen LogP contribution in [0.15, 0.2) is 42.5 Å². The molecule has 5 nitrogen and oxygen atoms in total. The second kappa shape index (κ2) is 8.96. The SMILES string of the molecule is O=C([C@@H]1C[C@H]1c1ccccc1-c1c(F)cccc1F)N1CCC[C@H](NS(=O)(=O)CBr)C1. The molecule has 1 N–H and O–H groups in total. The molecule has 3 atom stereocenters. The fourth-order valence-electron chi connectivity index (χ4n) is 4.41. The Morgan fingerprint density at radius 2 is 1.84 bits per heavy atom. The number of carbonyl (C=O) groups is 1. The van der Waals surface area contributed by atoms with Crippen LogP contribution in [0.1, 0.15) is 30.7 Å². The van der Waals surface area contributed by atoms with Gasteiger partial charge in [-0.1, -0.05) is 46.3 Å². The van der Waals surface area contributed by atoms with Crippen molar-refractivity contribution in [1.82, 2.24) is 9.62 Å². The summed E-state index contributed by atoms with van der Waals surface area (Å²) in [5.41, 5.74) is 1.16. The first kappa shape index (κ1) is 22.4. The Balaban J connectivity index is 1.50. The van der Waals surface area contributed by atoms with Gasteiger partial charge in [-0.05, 0) is 48.4 Å². The molecule has 0 unspecified atom stereocenters. The summed E-state index contributed by atoms with van der Waals surface area (Å²) >= 11 is 2.96. The molecule has 1 heterocycles. The van der Waals surface area contributed by atoms with E-state index in [1.807, 2.05) is 12.1 Å². The number of alkyl halides is 1. The van der Waals surface area contributed by atoms with Crippen LogP contribution in [0.3, 0.4) is 0 Å². The number of nitrogens with zero attached hydrogens (tertiary/aromatic N) is 1. The Morgan fingerprint density at radius 3 is 2.55 bits per heavy atom. The van der Waals surface area contributed by atoms with E-state index >= 15 is 0 Å². The standard InChI is InChI=1S/C22H23BrF2N2O3S/c23-13-31(29,30)26-14-5-4-10-27(12-14)22(28)18-11-17(18)15-6-1-2-7-16(15)21-19(24)8-3-9-20(21)25/h1-3,6-9,14,17-18,26H,4-5,10-13H2/t14-,17-,18+/m0/s1. The average molecular weight is 513 g/mol. The van der Waals surface area contributed by atoms with E-state index in [4.69, 9.17) is 0 Å². The number of amides is 1. The number of sulfonamides is 1. The third-order valence-electron chi connectivity index (χ3n) is 5.92. The van der Waals surface area contributed by atoms with Crippen LogP contribution in [0.4, 0.5) is 8.78 Å². The van der Waals surface area contributed by atoms with Crippen molar-refractivity contribution in [2.24, 2.45) is 5.92 Å². The van der Waals surface area contributed by atoms with Crippen molar-refractivity contribution in [3.8, 4) is 11.1 Å². The average Bonchev–Trinajstić information content (AvgIpc) is 3.54. The second-order valence-corrected chi connectivity index (χ2v) is 11.2. The van der Waals surface area contributed by atoms with Crippen molar-refractivity contribution in [1.29, 1.82) is 0 Å². The highest BCUT2D eigenvalue weighted by atomic mass is 79.9. The first-order chi connectivity index (χ1) is 14.8. The van der Waals surface area contributed by atoms with Gasteiger partial charge in [0.15, 0.2) is 0 Å². The summed E-state index contributed by atoms with van der Waals surface area (Å²) in [5, 5.41) is 0. The van der Waals surface area contributed by atoms with E-state index in [-0.39, 0.29) is 34.0 Å². The van der Waals surface area contributed by atoms with Crippen LogP contribution in [0.5, 0.6) is 0 Å². The highest BCUT2D eigenvalue weighted by molar-refractivity contribution is 9.10. The van der Waals surface area contributed by atoms with Gasteiger partial charge in [-0.25, -0.2) is 21.9 Å². The fourth-order valence-corrected chi connectivity index (χ4v) is 5.57. The van der Waals surface area contributed by atoms with Crippen molar-refractivity contribution in [2.75, 3.05) is 17.8 Å². The van der Waals surface area contributed by atoms with Gasteiger partial charge in [0.25, 0.3) is 0 Å². The van der Waals surface area contributed by atoms with Gasteiger partial charge in [0.2, 0.25) is 15.9 Å². The zero-order valence-corrected chi connectivity index (χ0v) is 19.1. The van der Waals surface area contributed by atoms with E-state index in [0.717, 1.165) is 12.0 Å². The first-order valence-corrected chi connectivity index (χ1v) is 13.0. The minimum atomic E-state index is -3.41. The molecular weight excluding hydrogens is 490 g/mol. The summed E-state index contributed by atoms with van der Waals surface area (Å²) in [4.78, 5) is 14.8. The largest absolute Gasteiger partial charge is 0.341 e. The summed E-state index contributed by atoms with van der Waals surface area (Å²) in [6.07, 6.45) is 2.01. The predicted molar refractivity (Wildman–Crippen MR) is 118 cm³/mol. The maximum atomic E-state index is 14.4. The van der Waals surface area contributed by atoms with Crippen molar-refractivity contribution >= 4 is 31.9 Å². The number of carbonyl (C=O) groups excluding carboxylic acids is 1. The Kier molecular flexibility index (Phi) is 6.46. The van der Waals surface area contributed by atoms with Crippen LogP contribution in [0.25, 0.3) is 11.1 Å². The van der Waals surface area contributed by atoms with Gasteiger partial charge in [-0.2, -0.15) is 0 Å². The van der Waals surface area contributed by atoms with Crippen molar-refractivity contribution in [3.63, 3.8) is 0 Å². The van der Waals surface area contributed by atoms with Crippen LogP contribution in [-0.4, -0.2) is 43.0 Å². The second-order valence-electron chi connectivity index (χ2n) is 8.10. The molecule has 4 rings (SSSR count). The third kappa shape index (κ3) is 4.83. The monoisotopic (exact) mass is 512 g/mol. The number of rotatable bonds is 6. The Morgan fingerprint density at radius 1 is 1.13 bits per heavy atom. The van der Waals surface area contributed by atoms with Crippen LogP contribution in [0.2, 0.25) is 0 Å². The maximum absolute atomic E-state index is 14.4. The molecule has 1 aliphatic heterocycles. The molecule has 0 spiro atoms. The minimum Gasteiger partial charge on any atom is -0.341 e. The van der Waals surface area contributed by atoms with Crippen molar-refractivity contribution in [2.45, 2.75) is 31.2 Å². The van der Waals surface area contributed by atoms with Gasteiger partial charge < -0.3 is 4.90 Å². The molecule has 1 saturated heterocycles. The van der Waals surface area contributed by atoms with Gasteiger partial charge in [0, 0.05) is 25.0 Å². The normalized spacial score (nSPS) is 23.6. The molecule has 1 saturated carbocycles. The van der Waals surface area contributed by atoms with Crippen LogP contribution in [0, 0.1) is 17.6 Å². The maximum Gasteiger partial charge on any atom is 0.226 e. The number of piperidine rings is 1. The van der Waals surface area contributed by atoms with Crippen LogP contribution >= 0.6 is 15.9 Å². The van der Waals surface area contributed by atoms with Gasteiger partial charge in [0.1, 0.15) is 16.3 Å². The van der Waals surface area contributed by atoms with Gasteiger partial charge >= 0.3 is 0 Å². The van der Waals surface area contributed by atoms with E-state index in [9.17, 15) is 22.0 Å². The summed E-state index contributed by atoms with van der Waals surface area (Å²) in [6.45, 7) is 0.913. The third-order valence-corrected chi connectivity index (χ3v) is 8.71. The van der Waals surface area contributed by atoms with Crippen molar-refractivity contribution in [3.05, 3.63) is 59.7 Å². The van der Waals surface area contributed by atoms with Gasteiger partial charge in [0.05, 0.1) is 5.56 Å². The van der Waals surface area contributed by atoms with Crippen LogP contribution < -0.4 is 4.72 Å². The van der Waals surface area contributed by atoms with Gasteiger partial charge in [-0.15, -0.1) is 0 Å². The summed E-state index contributed by atoms with van der Waals surface area (Å²) in [6, 6.07) is 10.5. The summed E-state index contributed by atoms with van der Waals surface area (Å²) < 4.78 is 54.9. The lowest BCUT2D eigenvalue weighted by molar-refractivity contribution is -0.133. The highest BCUT2D eigenvalue weighted by Gasteiger charge is 2.47. The van der Waals surface area contributed by atoms with E-state index in [0.29, 0.717) is 31.5 Å². The topological polar surface area (TPSA) is 66.5 Å². The molecule has 0 aromatic heterocycles. The number of likely N-dealkylation sites (tertiary alicyclic amines) is 1. The molecular formula is C22H23BrF2N2O3S. The molecule has 2 fully saturated rings. The molecule has 0 bridgehead atoms. The Bertz CT molecular complexity index is 1080. The predicted octanol–water partition coefficient (Wildman–Crippen LogP) is 4.00. The molecule has 166 valence electrons. The number of nitrogens with one attached hydrogen (secondary N) is 1. The molecule has 1 aliphatic carbocycles. The van der Waals surface area contributed by atoms with Crippen LogP contribution in [-0.2, 0) is 14.8 Å². The zero-order valence-electron chi connectivity index (χ0n) is 16.7. The molecule has 2 aromatic carbocycles. The summed E-state index contributed by atoms with van der Waals surface area (Å²) in [7, 11) is -3.41. The van der Waals surface area contributed by atoms with Gasteiger partial charge in [-0.3, -0.25) is 4.79 Å². The van der Waals surface area contributed by atoms with E-state index in [1.165, 1.54) is 18.2 Å². The van der Waals surface area contributed by atoms with Crippen molar-refractivity contribution < 1.29 is 22.0 Å². The number of hydrogen-bond acceptors (Lipinski definition) is 3. The molecule has 1 amide bonds. The lowest BCUT2D eigenvalue weighted by Gasteiger charge is -2.33. The molecule has 31 heavy (non-hydrogen) atoms. The van der Waals surface area contributed by atoms with E-state index in [2.05, 4.69) is 20.7 Å². The number of hydrogen-bond donors (Lipinski definition) is 1. The van der Waals surface area contributed by atoms with E-state index in [1.54, 1.807) is 17.0 Å². The lowest BCUT2D eigenvalue weighted by atomic mass is 9.95. The molecule has 2 aromatic rings. The van der Waals surface area contributed by atoms with E-state index < -0.39 is 21.7 Å². The number of benzene rings is 2. The Hall–Kier alpha value is -1.84.